The highest BCUT2D eigenvalue weighted by molar-refractivity contribution is 5.70. The van der Waals surface area contributed by atoms with E-state index in [0.717, 1.165) is 10.6 Å². The van der Waals surface area contributed by atoms with Gasteiger partial charge >= 0.3 is 6.09 Å². The Morgan fingerprint density at radius 1 is 1.10 bits per heavy atom. The SMILES string of the molecule is O=C(O)N1[C]N(c2cccc(-c3ccccn3)n2)C=C1. The Kier molecular flexibility index (Phi) is 3.04. The van der Waals surface area contributed by atoms with Crippen molar-refractivity contribution in [2.75, 3.05) is 4.90 Å². The molecule has 6 heteroatoms. The van der Waals surface area contributed by atoms with Crippen molar-refractivity contribution in [3.63, 3.8) is 0 Å². The molecule has 3 heterocycles. The lowest BCUT2D eigenvalue weighted by atomic mass is 10.2. The number of nitrogens with zero attached hydrogens (tertiary/aromatic N) is 4. The molecule has 1 aliphatic heterocycles. The van der Waals surface area contributed by atoms with Crippen LogP contribution in [0.5, 0.6) is 0 Å². The van der Waals surface area contributed by atoms with Gasteiger partial charge in [0.1, 0.15) is 5.82 Å². The minimum atomic E-state index is -1.09. The summed E-state index contributed by atoms with van der Waals surface area (Å²) in [5, 5.41) is 8.87. The minimum absolute atomic E-state index is 0.577. The first-order chi connectivity index (χ1) is 9.74. The maximum absolute atomic E-state index is 10.8. The first-order valence-corrected chi connectivity index (χ1v) is 5.88. The fraction of sp³-hybridized carbons (Fsp3) is 0. The Bertz CT molecular complexity index is 657. The summed E-state index contributed by atoms with van der Waals surface area (Å²) in [6.07, 6.45) is 3.59. The van der Waals surface area contributed by atoms with Crippen LogP contribution in [-0.4, -0.2) is 26.1 Å². The third-order valence-electron chi connectivity index (χ3n) is 2.69. The van der Waals surface area contributed by atoms with Crippen LogP contribution in [0, 0.1) is 6.67 Å². The molecule has 3 rings (SSSR count). The Morgan fingerprint density at radius 3 is 2.65 bits per heavy atom. The Morgan fingerprint density at radius 2 is 1.95 bits per heavy atom. The summed E-state index contributed by atoms with van der Waals surface area (Å²) in [5.74, 6) is 0.577. The number of hydrogen-bond donors (Lipinski definition) is 1. The monoisotopic (exact) mass is 266 g/mol. The topological polar surface area (TPSA) is 69.6 Å². The van der Waals surface area contributed by atoms with E-state index in [2.05, 4.69) is 16.6 Å². The maximum atomic E-state index is 10.8. The van der Waals surface area contributed by atoms with Crippen LogP contribution in [0.15, 0.2) is 55.0 Å². The molecule has 0 aromatic carbocycles. The number of aromatic nitrogens is 2. The predicted octanol–water partition coefficient (Wildman–Crippen LogP) is 2.41. The molecule has 0 unspecified atom stereocenters. The summed E-state index contributed by atoms with van der Waals surface area (Å²) < 4.78 is 0. The van der Waals surface area contributed by atoms with Gasteiger partial charge in [-0.05, 0) is 24.3 Å². The van der Waals surface area contributed by atoms with E-state index in [-0.39, 0.29) is 0 Å². The van der Waals surface area contributed by atoms with Crippen molar-refractivity contribution in [3.8, 4) is 11.4 Å². The molecule has 0 saturated heterocycles. The third kappa shape index (κ3) is 2.31. The summed E-state index contributed by atoms with van der Waals surface area (Å²) in [7, 11) is 0. The fourth-order valence-corrected chi connectivity index (χ4v) is 1.76. The quantitative estimate of drug-likeness (QED) is 0.903. The van der Waals surface area contributed by atoms with Crippen LogP contribution in [0.2, 0.25) is 0 Å². The third-order valence-corrected chi connectivity index (χ3v) is 2.69. The lowest BCUT2D eigenvalue weighted by Gasteiger charge is -2.15. The molecule has 98 valence electrons. The van der Waals surface area contributed by atoms with E-state index in [1.165, 1.54) is 11.1 Å². The second-order valence-electron chi connectivity index (χ2n) is 4.02. The number of rotatable bonds is 2. The van der Waals surface area contributed by atoms with Crippen LogP contribution in [-0.2, 0) is 0 Å². The van der Waals surface area contributed by atoms with E-state index in [1.807, 2.05) is 30.3 Å². The van der Waals surface area contributed by atoms with Gasteiger partial charge < -0.3 is 5.11 Å². The van der Waals surface area contributed by atoms with Gasteiger partial charge in [-0.3, -0.25) is 14.8 Å². The summed E-state index contributed by atoms with van der Waals surface area (Å²) in [6.45, 7) is 2.66. The molecule has 0 saturated carbocycles. The van der Waals surface area contributed by atoms with E-state index in [4.69, 9.17) is 5.11 Å². The predicted molar refractivity (Wildman–Crippen MR) is 72.2 cm³/mol. The van der Waals surface area contributed by atoms with Crippen LogP contribution in [0.25, 0.3) is 11.4 Å². The van der Waals surface area contributed by atoms with Crippen molar-refractivity contribution in [1.82, 2.24) is 14.9 Å². The highest BCUT2D eigenvalue weighted by Gasteiger charge is 2.22. The first-order valence-electron chi connectivity index (χ1n) is 5.88. The summed E-state index contributed by atoms with van der Waals surface area (Å²) in [4.78, 5) is 22.0. The normalized spacial score (nSPS) is 13.8. The zero-order valence-corrected chi connectivity index (χ0v) is 10.3. The zero-order valence-electron chi connectivity index (χ0n) is 10.3. The van der Waals surface area contributed by atoms with E-state index in [9.17, 15) is 4.79 Å². The van der Waals surface area contributed by atoms with Crippen LogP contribution in [0.3, 0.4) is 0 Å². The molecule has 1 amide bonds. The lowest BCUT2D eigenvalue weighted by molar-refractivity contribution is 0.172. The maximum Gasteiger partial charge on any atom is 0.413 e. The summed E-state index contributed by atoms with van der Waals surface area (Å²) in [6, 6.07) is 11.0. The van der Waals surface area contributed by atoms with Crippen LogP contribution in [0.4, 0.5) is 10.6 Å². The summed E-state index contributed by atoms with van der Waals surface area (Å²) >= 11 is 0. The van der Waals surface area contributed by atoms with Gasteiger partial charge in [0.25, 0.3) is 0 Å². The first kappa shape index (κ1) is 12.2. The van der Waals surface area contributed by atoms with E-state index in [0.29, 0.717) is 11.5 Å². The molecule has 6 nitrogen and oxygen atoms in total. The molecule has 0 spiro atoms. The standard InChI is InChI=1S/C14H10N4O2/c19-14(20)18-9-8-17(10-18)13-6-3-5-12(16-13)11-4-1-2-7-15-11/h1-9H,(H,19,20). The number of carbonyl (C=O) groups is 1. The van der Waals surface area contributed by atoms with Gasteiger partial charge in [-0.25, -0.2) is 9.78 Å². The number of hydrogen-bond acceptors (Lipinski definition) is 4. The van der Waals surface area contributed by atoms with E-state index >= 15 is 0 Å². The molecule has 0 aliphatic carbocycles. The molecule has 1 N–H and O–H groups in total. The second-order valence-corrected chi connectivity index (χ2v) is 4.02. The molecule has 0 bridgehead atoms. The van der Waals surface area contributed by atoms with Gasteiger partial charge in [0.15, 0.2) is 0 Å². The average molecular weight is 266 g/mol. The van der Waals surface area contributed by atoms with Crippen molar-refractivity contribution in [2.45, 2.75) is 0 Å². The molecular formula is C14H10N4O2. The number of anilines is 1. The van der Waals surface area contributed by atoms with Crippen LogP contribution in [0.1, 0.15) is 0 Å². The highest BCUT2D eigenvalue weighted by atomic mass is 16.4. The average Bonchev–Trinajstić information content (AvgIpc) is 2.98. The number of carboxylic acid groups (broad SMARTS) is 1. The number of amides is 1. The zero-order chi connectivity index (χ0) is 13.9. The molecule has 20 heavy (non-hydrogen) atoms. The van der Waals surface area contributed by atoms with Crippen molar-refractivity contribution in [1.29, 1.82) is 0 Å². The largest absolute Gasteiger partial charge is 0.465 e. The van der Waals surface area contributed by atoms with Gasteiger partial charge in [-0.15, -0.1) is 0 Å². The minimum Gasteiger partial charge on any atom is -0.465 e. The summed E-state index contributed by atoms with van der Waals surface area (Å²) in [5.41, 5.74) is 1.47. The van der Waals surface area contributed by atoms with Gasteiger partial charge in [0.05, 0.1) is 11.4 Å². The molecule has 1 aliphatic rings. The van der Waals surface area contributed by atoms with Crippen LogP contribution >= 0.6 is 0 Å². The smallest absolute Gasteiger partial charge is 0.413 e. The van der Waals surface area contributed by atoms with Gasteiger partial charge in [-0.1, -0.05) is 12.1 Å². The van der Waals surface area contributed by atoms with Crippen LogP contribution < -0.4 is 4.90 Å². The van der Waals surface area contributed by atoms with Crippen molar-refractivity contribution in [2.24, 2.45) is 0 Å². The Labute approximate surface area is 115 Å². The molecule has 2 radical (unpaired) electrons. The van der Waals surface area contributed by atoms with Gasteiger partial charge in [-0.2, -0.15) is 0 Å². The Hall–Kier alpha value is -2.89. The fourth-order valence-electron chi connectivity index (χ4n) is 1.76. The molecular weight excluding hydrogens is 256 g/mol. The second kappa shape index (κ2) is 5.00. The van der Waals surface area contributed by atoms with Crippen molar-refractivity contribution < 1.29 is 9.90 Å². The van der Waals surface area contributed by atoms with Crippen molar-refractivity contribution >= 4 is 11.9 Å². The molecule has 2 aromatic heterocycles. The lowest BCUT2D eigenvalue weighted by Crippen LogP contribution is -2.23. The molecule has 2 aromatic rings. The van der Waals surface area contributed by atoms with E-state index < -0.39 is 6.09 Å². The van der Waals surface area contributed by atoms with Gasteiger partial charge in [0, 0.05) is 18.6 Å². The van der Waals surface area contributed by atoms with E-state index in [1.54, 1.807) is 18.5 Å². The molecule has 0 atom stereocenters. The molecule has 0 fully saturated rings. The number of pyridine rings is 2. The van der Waals surface area contributed by atoms with Crippen molar-refractivity contribution in [3.05, 3.63) is 61.7 Å². The highest BCUT2D eigenvalue weighted by Crippen LogP contribution is 2.23. The Balaban J connectivity index is 1.86. The van der Waals surface area contributed by atoms with Gasteiger partial charge in [0.2, 0.25) is 6.67 Å².